The average molecular weight is 296 g/mol. The maximum atomic E-state index is 10.8. The van der Waals surface area contributed by atoms with Crippen molar-refractivity contribution in [2.75, 3.05) is 0 Å². The summed E-state index contributed by atoms with van der Waals surface area (Å²) >= 11 is 3.40. The Morgan fingerprint density at radius 2 is 2.12 bits per heavy atom. The van der Waals surface area contributed by atoms with Crippen molar-refractivity contribution in [3.63, 3.8) is 0 Å². The van der Waals surface area contributed by atoms with E-state index in [1.54, 1.807) is 6.92 Å². The lowest BCUT2D eigenvalue weighted by molar-refractivity contribution is 0.0662. The minimum Gasteiger partial charge on any atom is -0.475 e. The van der Waals surface area contributed by atoms with E-state index in [1.807, 2.05) is 25.1 Å². The number of carbonyl (C=O) groups is 1. The predicted molar refractivity (Wildman–Crippen MR) is 66.1 cm³/mol. The molecule has 88 valence electrons. The lowest BCUT2D eigenvalue weighted by Gasteiger charge is -1.99. The number of oxazole rings is 1. The molecule has 0 aliphatic rings. The van der Waals surface area contributed by atoms with Crippen molar-refractivity contribution in [1.82, 2.24) is 4.98 Å². The Morgan fingerprint density at radius 1 is 1.41 bits per heavy atom. The number of aromatic carboxylic acids is 1. The summed E-state index contributed by atoms with van der Waals surface area (Å²) < 4.78 is 6.22. The van der Waals surface area contributed by atoms with E-state index in [9.17, 15) is 4.79 Å². The highest BCUT2D eigenvalue weighted by molar-refractivity contribution is 9.10. The van der Waals surface area contributed by atoms with Crippen LogP contribution < -0.4 is 0 Å². The SMILES string of the molecule is Cc1cc(-c2nc(C)c(C(=O)O)o2)ccc1Br. The molecule has 0 bridgehead atoms. The fraction of sp³-hybridized carbons (Fsp3) is 0.167. The van der Waals surface area contributed by atoms with Gasteiger partial charge < -0.3 is 9.52 Å². The van der Waals surface area contributed by atoms with E-state index in [4.69, 9.17) is 9.52 Å². The van der Waals surface area contributed by atoms with Gasteiger partial charge in [-0.15, -0.1) is 0 Å². The molecular formula is C12H10BrNO3. The molecule has 0 spiro atoms. The lowest BCUT2D eigenvalue weighted by Crippen LogP contribution is -1.95. The molecule has 1 aromatic heterocycles. The first-order chi connectivity index (χ1) is 7.99. The molecule has 2 rings (SSSR count). The number of nitrogens with zero attached hydrogens (tertiary/aromatic N) is 1. The first-order valence-electron chi connectivity index (χ1n) is 4.96. The Morgan fingerprint density at radius 3 is 2.65 bits per heavy atom. The summed E-state index contributed by atoms with van der Waals surface area (Å²) in [5.41, 5.74) is 2.18. The lowest BCUT2D eigenvalue weighted by atomic mass is 10.1. The van der Waals surface area contributed by atoms with Crippen LogP contribution >= 0.6 is 15.9 Å². The van der Waals surface area contributed by atoms with Crippen LogP contribution in [-0.2, 0) is 0 Å². The number of aromatic nitrogens is 1. The smallest absolute Gasteiger partial charge is 0.373 e. The van der Waals surface area contributed by atoms with E-state index < -0.39 is 5.97 Å². The fourth-order valence-electron chi connectivity index (χ4n) is 1.50. The van der Waals surface area contributed by atoms with Crippen LogP contribution in [0.4, 0.5) is 0 Å². The van der Waals surface area contributed by atoms with Crippen LogP contribution in [0.3, 0.4) is 0 Å². The van der Waals surface area contributed by atoms with Crippen LogP contribution in [-0.4, -0.2) is 16.1 Å². The van der Waals surface area contributed by atoms with Crippen molar-refractivity contribution in [3.8, 4) is 11.5 Å². The van der Waals surface area contributed by atoms with E-state index in [0.717, 1.165) is 15.6 Å². The van der Waals surface area contributed by atoms with Crippen LogP contribution in [0.5, 0.6) is 0 Å². The van der Waals surface area contributed by atoms with Gasteiger partial charge in [0.1, 0.15) is 0 Å². The Hall–Kier alpha value is -1.62. The van der Waals surface area contributed by atoms with Gasteiger partial charge in [0.25, 0.3) is 0 Å². The Bertz CT molecular complexity index is 589. The molecule has 0 saturated carbocycles. The third-order valence-electron chi connectivity index (χ3n) is 2.40. The maximum Gasteiger partial charge on any atom is 0.373 e. The first-order valence-corrected chi connectivity index (χ1v) is 5.75. The molecule has 1 aromatic carbocycles. The van der Waals surface area contributed by atoms with Gasteiger partial charge in [0, 0.05) is 10.0 Å². The quantitative estimate of drug-likeness (QED) is 0.922. The third kappa shape index (κ3) is 2.24. The summed E-state index contributed by atoms with van der Waals surface area (Å²) in [7, 11) is 0. The molecule has 4 nitrogen and oxygen atoms in total. The van der Waals surface area contributed by atoms with Gasteiger partial charge in [-0.2, -0.15) is 0 Å². The zero-order chi connectivity index (χ0) is 12.6. The van der Waals surface area contributed by atoms with E-state index in [2.05, 4.69) is 20.9 Å². The number of carboxylic acid groups (broad SMARTS) is 1. The molecule has 0 fully saturated rings. The van der Waals surface area contributed by atoms with Gasteiger partial charge in [0.15, 0.2) is 0 Å². The summed E-state index contributed by atoms with van der Waals surface area (Å²) in [4.78, 5) is 15.0. The van der Waals surface area contributed by atoms with Crippen LogP contribution in [0.2, 0.25) is 0 Å². The van der Waals surface area contributed by atoms with Crippen molar-refractivity contribution in [2.24, 2.45) is 0 Å². The van der Waals surface area contributed by atoms with Crippen LogP contribution in [0, 0.1) is 13.8 Å². The van der Waals surface area contributed by atoms with Crippen molar-refractivity contribution in [3.05, 3.63) is 39.7 Å². The highest BCUT2D eigenvalue weighted by atomic mass is 79.9. The molecule has 0 saturated heterocycles. The van der Waals surface area contributed by atoms with Gasteiger partial charge in [-0.3, -0.25) is 0 Å². The number of benzene rings is 1. The zero-order valence-corrected chi connectivity index (χ0v) is 10.9. The number of carboxylic acids is 1. The zero-order valence-electron chi connectivity index (χ0n) is 9.32. The van der Waals surface area contributed by atoms with Crippen molar-refractivity contribution in [1.29, 1.82) is 0 Å². The Labute approximate surface area is 106 Å². The fourth-order valence-corrected chi connectivity index (χ4v) is 1.74. The van der Waals surface area contributed by atoms with Crippen molar-refractivity contribution >= 4 is 21.9 Å². The van der Waals surface area contributed by atoms with E-state index in [-0.39, 0.29) is 5.76 Å². The first kappa shape index (κ1) is 11.9. The van der Waals surface area contributed by atoms with Gasteiger partial charge >= 0.3 is 5.97 Å². The topological polar surface area (TPSA) is 63.3 Å². The van der Waals surface area contributed by atoms with Crippen molar-refractivity contribution < 1.29 is 14.3 Å². The molecule has 0 aliphatic heterocycles. The molecule has 0 unspecified atom stereocenters. The molecule has 0 radical (unpaired) electrons. The van der Waals surface area contributed by atoms with Crippen LogP contribution in [0.15, 0.2) is 27.1 Å². The highest BCUT2D eigenvalue weighted by Crippen LogP contribution is 2.26. The predicted octanol–water partition coefficient (Wildman–Crippen LogP) is 3.42. The van der Waals surface area contributed by atoms with Gasteiger partial charge in [0.05, 0.1) is 5.69 Å². The summed E-state index contributed by atoms with van der Waals surface area (Å²) in [5.74, 6) is -0.883. The summed E-state index contributed by atoms with van der Waals surface area (Å²) in [6, 6.07) is 5.60. The maximum absolute atomic E-state index is 10.8. The minimum atomic E-state index is -1.10. The number of aryl methyl sites for hydroxylation is 2. The van der Waals surface area contributed by atoms with Crippen LogP contribution in [0.1, 0.15) is 21.8 Å². The molecular weight excluding hydrogens is 286 g/mol. The number of hydrogen-bond donors (Lipinski definition) is 1. The van der Waals surface area contributed by atoms with Crippen molar-refractivity contribution in [2.45, 2.75) is 13.8 Å². The molecule has 2 aromatic rings. The van der Waals surface area contributed by atoms with Gasteiger partial charge in [0.2, 0.25) is 11.7 Å². The molecule has 1 N–H and O–H groups in total. The molecule has 1 heterocycles. The number of halogens is 1. The second-order valence-corrected chi connectivity index (χ2v) is 4.56. The minimum absolute atomic E-state index is 0.111. The summed E-state index contributed by atoms with van der Waals surface area (Å²) in [6.07, 6.45) is 0. The average Bonchev–Trinajstić information content (AvgIpc) is 2.64. The largest absolute Gasteiger partial charge is 0.475 e. The molecule has 5 heteroatoms. The van der Waals surface area contributed by atoms with E-state index in [0.29, 0.717) is 11.6 Å². The third-order valence-corrected chi connectivity index (χ3v) is 3.29. The van der Waals surface area contributed by atoms with E-state index >= 15 is 0 Å². The Balaban J connectivity index is 2.50. The number of rotatable bonds is 2. The standard InChI is InChI=1S/C12H10BrNO3/c1-6-5-8(3-4-9(6)13)11-14-7(2)10(17-11)12(15)16/h3-5H,1-2H3,(H,15,16). The normalized spacial score (nSPS) is 10.5. The summed E-state index contributed by atoms with van der Waals surface area (Å²) in [5, 5.41) is 8.88. The second-order valence-electron chi connectivity index (χ2n) is 3.70. The molecule has 0 atom stereocenters. The monoisotopic (exact) mass is 295 g/mol. The van der Waals surface area contributed by atoms with Gasteiger partial charge in [-0.1, -0.05) is 15.9 Å². The molecule has 17 heavy (non-hydrogen) atoms. The summed E-state index contributed by atoms with van der Waals surface area (Å²) in [6.45, 7) is 3.56. The second kappa shape index (κ2) is 4.33. The molecule has 0 aliphatic carbocycles. The Kier molecular flexibility index (Phi) is 3.02. The van der Waals surface area contributed by atoms with E-state index in [1.165, 1.54) is 0 Å². The van der Waals surface area contributed by atoms with Gasteiger partial charge in [-0.05, 0) is 37.6 Å². The van der Waals surface area contributed by atoms with Gasteiger partial charge in [-0.25, -0.2) is 9.78 Å². The number of hydrogen-bond acceptors (Lipinski definition) is 3. The highest BCUT2D eigenvalue weighted by Gasteiger charge is 2.17. The van der Waals surface area contributed by atoms with Crippen LogP contribution in [0.25, 0.3) is 11.5 Å². The molecule has 0 amide bonds.